The van der Waals surface area contributed by atoms with Crippen LogP contribution in [0.25, 0.3) is 10.9 Å². The summed E-state index contributed by atoms with van der Waals surface area (Å²) in [5.41, 5.74) is 2.93. The Balaban J connectivity index is 1.44. The van der Waals surface area contributed by atoms with Gasteiger partial charge in [0.15, 0.2) is 0 Å². The first kappa shape index (κ1) is 19.4. The molecular weight excluding hydrogens is 378 g/mol. The molecule has 0 saturated carbocycles. The monoisotopic (exact) mass is 400 g/mol. The van der Waals surface area contributed by atoms with Gasteiger partial charge in [-0.3, -0.25) is 24.2 Å². The highest BCUT2D eigenvalue weighted by Gasteiger charge is 2.19. The molecule has 3 heterocycles. The van der Waals surface area contributed by atoms with Gasteiger partial charge in [0.05, 0.1) is 35.2 Å². The molecule has 9 heteroatoms. The maximum Gasteiger partial charge on any atom is 0.261 e. The zero-order valence-corrected chi connectivity index (χ0v) is 16.1. The van der Waals surface area contributed by atoms with Crippen LogP contribution in [0.15, 0.2) is 41.7 Å². The molecule has 0 N–H and O–H groups in total. The number of hydrogen-bond donors (Lipinski definition) is 0. The van der Waals surface area contributed by atoms with Crippen LogP contribution < -0.4 is 10.5 Å². The van der Waals surface area contributed by atoms with E-state index in [2.05, 4.69) is 24.8 Å². The third-order valence-electron chi connectivity index (χ3n) is 5.10. The van der Waals surface area contributed by atoms with E-state index in [1.54, 1.807) is 12.3 Å². The second-order valence-electron chi connectivity index (χ2n) is 7.21. The molecule has 0 amide bonds. The molecule has 0 radical (unpaired) electrons. The van der Waals surface area contributed by atoms with Crippen LogP contribution in [0, 0.1) is 6.92 Å². The van der Waals surface area contributed by atoms with Crippen LogP contribution in [0.4, 0.5) is 14.5 Å². The number of fused-ring (bicyclic) bond motifs is 1. The summed E-state index contributed by atoms with van der Waals surface area (Å²) in [6.07, 6.45) is 2.20. The molecule has 2 aromatic heterocycles. The van der Waals surface area contributed by atoms with Crippen LogP contribution in [0.3, 0.4) is 0 Å². The predicted molar refractivity (Wildman–Crippen MR) is 106 cm³/mol. The van der Waals surface area contributed by atoms with Crippen LogP contribution in [0.1, 0.15) is 11.4 Å². The van der Waals surface area contributed by atoms with Crippen LogP contribution in [-0.2, 0) is 13.1 Å². The van der Waals surface area contributed by atoms with Gasteiger partial charge in [0, 0.05) is 50.8 Å². The number of aryl methyl sites for hydroxylation is 1. The smallest absolute Gasteiger partial charge is 0.261 e. The summed E-state index contributed by atoms with van der Waals surface area (Å²) < 4.78 is 26.1. The molecule has 7 nitrogen and oxygen atoms in total. The van der Waals surface area contributed by atoms with Crippen molar-refractivity contribution in [3.05, 3.63) is 58.7 Å². The zero-order chi connectivity index (χ0) is 20.4. The van der Waals surface area contributed by atoms with Gasteiger partial charge in [-0.1, -0.05) is 0 Å². The molecule has 0 atom stereocenters. The lowest BCUT2D eigenvalue weighted by atomic mass is 10.2. The highest BCUT2D eigenvalue weighted by Crippen LogP contribution is 2.21. The number of benzene rings is 1. The summed E-state index contributed by atoms with van der Waals surface area (Å²) in [5, 5.41) is 0.355. The molecule has 1 aromatic carbocycles. The normalized spacial score (nSPS) is 15.4. The molecule has 0 unspecified atom stereocenters. The zero-order valence-electron chi connectivity index (χ0n) is 16.1. The van der Waals surface area contributed by atoms with Crippen LogP contribution in [-0.4, -0.2) is 57.0 Å². The van der Waals surface area contributed by atoms with Crippen LogP contribution >= 0.6 is 0 Å². The minimum atomic E-state index is -2.59. The summed E-state index contributed by atoms with van der Waals surface area (Å²) in [4.78, 5) is 29.8. The first-order valence-corrected chi connectivity index (χ1v) is 9.52. The molecule has 0 bridgehead atoms. The van der Waals surface area contributed by atoms with Gasteiger partial charge in [0.25, 0.3) is 12.0 Å². The standard InChI is InChI=1S/C20H22F2N6O/c1-14-9-24-15(10-23-14)11-26-4-6-27(7-5-26)16-2-3-17-18(8-16)25-13-28(20(17)29)12-19(21)22/h2-3,8-10,13,19H,4-7,11-12H2,1H3. The van der Waals surface area contributed by atoms with Gasteiger partial charge in [-0.15, -0.1) is 0 Å². The third-order valence-corrected chi connectivity index (χ3v) is 5.10. The predicted octanol–water partition coefficient (Wildman–Crippen LogP) is 2.08. The second-order valence-corrected chi connectivity index (χ2v) is 7.21. The molecule has 0 spiro atoms. The van der Waals surface area contributed by atoms with Gasteiger partial charge >= 0.3 is 0 Å². The highest BCUT2D eigenvalue weighted by atomic mass is 19.3. The molecule has 1 aliphatic heterocycles. The Kier molecular flexibility index (Phi) is 5.48. The van der Waals surface area contributed by atoms with E-state index < -0.39 is 18.5 Å². The van der Waals surface area contributed by atoms with Crippen molar-refractivity contribution in [2.75, 3.05) is 31.1 Å². The number of piperazine rings is 1. The molecular formula is C20H22F2N6O. The van der Waals surface area contributed by atoms with Crippen molar-refractivity contribution in [3.63, 3.8) is 0 Å². The van der Waals surface area contributed by atoms with E-state index in [0.717, 1.165) is 54.4 Å². The third kappa shape index (κ3) is 4.40. The van der Waals surface area contributed by atoms with E-state index in [-0.39, 0.29) is 0 Å². The maximum atomic E-state index is 12.6. The Morgan fingerprint density at radius 1 is 1.07 bits per heavy atom. The lowest BCUT2D eigenvalue weighted by molar-refractivity contribution is 0.125. The fourth-order valence-electron chi connectivity index (χ4n) is 3.52. The SMILES string of the molecule is Cc1cnc(CN2CCN(c3ccc4c(=O)n(CC(F)F)cnc4c3)CC2)cn1. The average Bonchev–Trinajstić information content (AvgIpc) is 2.72. The Hall–Kier alpha value is -2.94. The summed E-state index contributed by atoms with van der Waals surface area (Å²) in [6, 6.07) is 5.39. The Labute approximate surface area is 166 Å². The topological polar surface area (TPSA) is 67.2 Å². The number of halogens is 2. The second kappa shape index (κ2) is 8.20. The first-order chi connectivity index (χ1) is 14.0. The molecule has 1 aliphatic rings. The highest BCUT2D eigenvalue weighted by molar-refractivity contribution is 5.81. The largest absolute Gasteiger partial charge is 0.369 e. The average molecular weight is 400 g/mol. The fraction of sp³-hybridized carbons (Fsp3) is 0.400. The summed E-state index contributed by atoms with van der Waals surface area (Å²) in [5.74, 6) is 0. The van der Waals surface area contributed by atoms with Crippen molar-refractivity contribution in [2.45, 2.75) is 26.4 Å². The summed E-state index contributed by atoms with van der Waals surface area (Å²) in [7, 11) is 0. The van der Waals surface area contributed by atoms with Gasteiger partial charge in [-0.05, 0) is 25.1 Å². The number of hydrogen-bond acceptors (Lipinski definition) is 6. The Bertz CT molecular complexity index is 1050. The Morgan fingerprint density at radius 2 is 1.86 bits per heavy atom. The number of rotatable bonds is 5. The van der Waals surface area contributed by atoms with Crippen molar-refractivity contribution >= 4 is 16.6 Å². The van der Waals surface area contributed by atoms with Crippen molar-refractivity contribution < 1.29 is 8.78 Å². The number of nitrogens with zero attached hydrogens (tertiary/aromatic N) is 6. The van der Waals surface area contributed by atoms with Gasteiger partial charge in [0.1, 0.15) is 0 Å². The molecule has 3 aromatic rings. The van der Waals surface area contributed by atoms with E-state index in [1.165, 1.54) is 6.33 Å². The molecule has 29 heavy (non-hydrogen) atoms. The molecule has 0 aliphatic carbocycles. The van der Waals surface area contributed by atoms with E-state index in [0.29, 0.717) is 10.9 Å². The number of aromatic nitrogens is 4. The van der Waals surface area contributed by atoms with Crippen molar-refractivity contribution in [3.8, 4) is 0 Å². The van der Waals surface area contributed by atoms with Crippen LogP contribution in [0.5, 0.6) is 0 Å². The minimum absolute atomic E-state index is 0.355. The number of anilines is 1. The molecule has 4 rings (SSSR count). The quantitative estimate of drug-likeness (QED) is 0.653. The minimum Gasteiger partial charge on any atom is -0.369 e. The van der Waals surface area contributed by atoms with E-state index in [9.17, 15) is 13.6 Å². The van der Waals surface area contributed by atoms with E-state index in [1.807, 2.05) is 25.3 Å². The lowest BCUT2D eigenvalue weighted by Crippen LogP contribution is -2.46. The van der Waals surface area contributed by atoms with Crippen LogP contribution in [0.2, 0.25) is 0 Å². The van der Waals surface area contributed by atoms with Crippen molar-refractivity contribution in [2.24, 2.45) is 0 Å². The van der Waals surface area contributed by atoms with Gasteiger partial charge in [0.2, 0.25) is 0 Å². The van der Waals surface area contributed by atoms with Gasteiger partial charge in [-0.25, -0.2) is 13.8 Å². The van der Waals surface area contributed by atoms with Gasteiger partial charge in [-0.2, -0.15) is 0 Å². The van der Waals surface area contributed by atoms with Gasteiger partial charge < -0.3 is 4.90 Å². The van der Waals surface area contributed by atoms with E-state index in [4.69, 9.17) is 0 Å². The molecule has 1 saturated heterocycles. The van der Waals surface area contributed by atoms with Crippen molar-refractivity contribution in [1.29, 1.82) is 0 Å². The Morgan fingerprint density at radius 3 is 2.55 bits per heavy atom. The lowest BCUT2D eigenvalue weighted by Gasteiger charge is -2.36. The first-order valence-electron chi connectivity index (χ1n) is 9.52. The molecule has 1 fully saturated rings. The summed E-state index contributed by atoms with van der Waals surface area (Å²) >= 11 is 0. The van der Waals surface area contributed by atoms with Crippen molar-refractivity contribution in [1.82, 2.24) is 24.4 Å². The maximum absolute atomic E-state index is 12.6. The fourth-order valence-corrected chi connectivity index (χ4v) is 3.52. The molecule has 152 valence electrons. The number of alkyl halides is 2. The van der Waals surface area contributed by atoms with E-state index >= 15 is 0 Å². The summed E-state index contributed by atoms with van der Waals surface area (Å²) in [6.45, 7) is 5.50.